The van der Waals surface area contributed by atoms with Crippen molar-refractivity contribution in [1.29, 1.82) is 0 Å². The smallest absolute Gasteiger partial charge is 0.185 e. The van der Waals surface area contributed by atoms with Gasteiger partial charge < -0.3 is 4.74 Å². The minimum atomic E-state index is 0.151. The third-order valence-corrected chi connectivity index (χ3v) is 4.42. The zero-order valence-electron chi connectivity index (χ0n) is 11.6. The molecule has 5 heteroatoms. The second-order valence-electron chi connectivity index (χ2n) is 5.39. The van der Waals surface area contributed by atoms with Crippen molar-refractivity contribution in [3.8, 4) is 0 Å². The average Bonchev–Trinajstić information content (AvgIpc) is 2.76. The van der Waals surface area contributed by atoms with Gasteiger partial charge in [-0.3, -0.25) is 9.48 Å². The van der Waals surface area contributed by atoms with Gasteiger partial charge in [0.15, 0.2) is 5.78 Å². The van der Waals surface area contributed by atoms with E-state index in [1.165, 1.54) is 6.42 Å². The van der Waals surface area contributed by atoms with Gasteiger partial charge >= 0.3 is 0 Å². The summed E-state index contributed by atoms with van der Waals surface area (Å²) >= 11 is 3.45. The summed E-state index contributed by atoms with van der Waals surface area (Å²) in [5.74, 6) is 1.03. The molecule has 0 aliphatic heterocycles. The first-order chi connectivity index (χ1) is 9.13. The molecule has 2 unspecified atom stereocenters. The standard InChI is InChI=1S/C14H21BrN2O2/c1-10-4-3-5-11(8-10)14(18)13-12(15)9-16-17(13)6-7-19-2/h9-11H,3-8H2,1-2H3. The number of Topliss-reactive ketones (excluding diaryl/α,β-unsaturated/α-hetero) is 1. The Labute approximate surface area is 122 Å². The molecule has 1 aliphatic rings. The van der Waals surface area contributed by atoms with Crippen LogP contribution in [0.4, 0.5) is 0 Å². The Hall–Kier alpha value is -0.680. The lowest BCUT2D eigenvalue weighted by atomic mass is 9.79. The SMILES string of the molecule is COCCn1ncc(Br)c1C(=O)C1CCCC(C)C1. The van der Waals surface area contributed by atoms with Crippen molar-refractivity contribution in [1.82, 2.24) is 9.78 Å². The molecule has 19 heavy (non-hydrogen) atoms. The maximum absolute atomic E-state index is 12.7. The molecular weight excluding hydrogens is 308 g/mol. The Balaban J connectivity index is 2.15. The molecule has 2 atom stereocenters. The highest BCUT2D eigenvalue weighted by Gasteiger charge is 2.29. The Kier molecular flexibility index (Phi) is 5.16. The number of carbonyl (C=O) groups excluding carboxylic acids is 1. The predicted octanol–water partition coefficient (Wildman–Crippen LogP) is 3.30. The van der Waals surface area contributed by atoms with Crippen LogP contribution in [0.5, 0.6) is 0 Å². The van der Waals surface area contributed by atoms with Crippen LogP contribution in [-0.4, -0.2) is 29.3 Å². The Bertz CT molecular complexity index is 445. The van der Waals surface area contributed by atoms with Gasteiger partial charge in [-0.05, 0) is 34.7 Å². The van der Waals surface area contributed by atoms with Crippen LogP contribution in [0.1, 0.15) is 43.1 Å². The van der Waals surface area contributed by atoms with Crippen LogP contribution in [-0.2, 0) is 11.3 Å². The molecule has 1 aliphatic carbocycles. The maximum Gasteiger partial charge on any atom is 0.185 e. The van der Waals surface area contributed by atoms with E-state index in [0.29, 0.717) is 24.8 Å². The number of aromatic nitrogens is 2. The van der Waals surface area contributed by atoms with Crippen LogP contribution >= 0.6 is 15.9 Å². The minimum Gasteiger partial charge on any atom is -0.383 e. The zero-order chi connectivity index (χ0) is 13.8. The molecule has 106 valence electrons. The monoisotopic (exact) mass is 328 g/mol. The third-order valence-electron chi connectivity index (χ3n) is 3.84. The van der Waals surface area contributed by atoms with Gasteiger partial charge in [-0.25, -0.2) is 0 Å². The normalized spacial score (nSPS) is 23.5. The number of hydrogen-bond donors (Lipinski definition) is 0. The lowest BCUT2D eigenvalue weighted by Crippen LogP contribution is -2.25. The van der Waals surface area contributed by atoms with Crippen molar-refractivity contribution in [3.05, 3.63) is 16.4 Å². The van der Waals surface area contributed by atoms with Gasteiger partial charge in [0, 0.05) is 13.0 Å². The molecule has 0 aromatic carbocycles. The van der Waals surface area contributed by atoms with E-state index in [4.69, 9.17) is 4.74 Å². The van der Waals surface area contributed by atoms with Crippen molar-refractivity contribution >= 4 is 21.7 Å². The first kappa shape index (κ1) is 14.7. The van der Waals surface area contributed by atoms with Crippen molar-refractivity contribution < 1.29 is 9.53 Å². The summed E-state index contributed by atoms with van der Waals surface area (Å²) in [4.78, 5) is 12.7. The highest BCUT2D eigenvalue weighted by atomic mass is 79.9. The minimum absolute atomic E-state index is 0.151. The van der Waals surface area contributed by atoms with E-state index >= 15 is 0 Å². The molecule has 1 aromatic heterocycles. The fraction of sp³-hybridized carbons (Fsp3) is 0.714. The number of carbonyl (C=O) groups is 1. The summed E-state index contributed by atoms with van der Waals surface area (Å²) < 4.78 is 7.62. The number of nitrogens with zero attached hydrogens (tertiary/aromatic N) is 2. The summed E-state index contributed by atoms with van der Waals surface area (Å²) in [6.07, 6.45) is 6.11. The van der Waals surface area contributed by atoms with Crippen LogP contribution in [0, 0.1) is 11.8 Å². The number of ketones is 1. The number of methoxy groups -OCH3 is 1. The van der Waals surface area contributed by atoms with Crippen molar-refractivity contribution in [2.24, 2.45) is 11.8 Å². The number of ether oxygens (including phenoxy) is 1. The number of halogens is 1. The van der Waals surface area contributed by atoms with E-state index in [0.717, 1.165) is 23.7 Å². The summed E-state index contributed by atoms with van der Waals surface area (Å²) in [5, 5.41) is 4.26. The van der Waals surface area contributed by atoms with Gasteiger partial charge in [0.1, 0.15) is 5.69 Å². The molecule has 0 saturated heterocycles. The highest BCUT2D eigenvalue weighted by molar-refractivity contribution is 9.10. The Morgan fingerprint density at radius 2 is 2.37 bits per heavy atom. The molecule has 1 saturated carbocycles. The third kappa shape index (κ3) is 3.45. The molecule has 0 spiro atoms. The van der Waals surface area contributed by atoms with Gasteiger partial charge in [0.25, 0.3) is 0 Å². The van der Waals surface area contributed by atoms with Crippen molar-refractivity contribution in [2.45, 2.75) is 39.2 Å². The second-order valence-corrected chi connectivity index (χ2v) is 6.24. The fourth-order valence-electron chi connectivity index (χ4n) is 2.82. The lowest BCUT2D eigenvalue weighted by Gasteiger charge is -2.25. The molecule has 0 amide bonds. The van der Waals surface area contributed by atoms with Crippen LogP contribution < -0.4 is 0 Å². The van der Waals surface area contributed by atoms with Crippen molar-refractivity contribution in [3.63, 3.8) is 0 Å². The summed E-state index contributed by atoms with van der Waals surface area (Å²) in [6.45, 7) is 3.41. The predicted molar refractivity (Wildman–Crippen MR) is 77.3 cm³/mol. The topological polar surface area (TPSA) is 44.1 Å². The van der Waals surface area contributed by atoms with Gasteiger partial charge in [0.05, 0.1) is 23.8 Å². The molecule has 0 bridgehead atoms. The van der Waals surface area contributed by atoms with Crippen LogP contribution in [0.15, 0.2) is 10.7 Å². The molecule has 1 fully saturated rings. The van der Waals surface area contributed by atoms with Crippen LogP contribution in [0.25, 0.3) is 0 Å². The van der Waals surface area contributed by atoms with Gasteiger partial charge in [0.2, 0.25) is 0 Å². The summed E-state index contributed by atoms with van der Waals surface area (Å²) in [6, 6.07) is 0. The summed E-state index contributed by atoms with van der Waals surface area (Å²) in [5.41, 5.74) is 0.705. The molecular formula is C14H21BrN2O2. The fourth-order valence-corrected chi connectivity index (χ4v) is 3.31. The highest BCUT2D eigenvalue weighted by Crippen LogP contribution is 2.32. The molecule has 4 nitrogen and oxygen atoms in total. The molecule has 0 radical (unpaired) electrons. The molecule has 1 aromatic rings. The van der Waals surface area contributed by atoms with Gasteiger partial charge in [-0.2, -0.15) is 5.10 Å². The maximum atomic E-state index is 12.7. The van der Waals surface area contributed by atoms with Gasteiger partial charge in [-0.1, -0.05) is 19.8 Å². The number of hydrogen-bond acceptors (Lipinski definition) is 3. The van der Waals surface area contributed by atoms with E-state index in [9.17, 15) is 4.79 Å². The Morgan fingerprint density at radius 3 is 3.05 bits per heavy atom. The van der Waals surface area contributed by atoms with Gasteiger partial charge in [-0.15, -0.1) is 0 Å². The van der Waals surface area contributed by atoms with E-state index in [2.05, 4.69) is 28.0 Å². The van der Waals surface area contributed by atoms with E-state index in [-0.39, 0.29) is 11.7 Å². The van der Waals surface area contributed by atoms with E-state index in [1.54, 1.807) is 18.0 Å². The molecule has 0 N–H and O–H groups in total. The zero-order valence-corrected chi connectivity index (χ0v) is 13.1. The largest absolute Gasteiger partial charge is 0.383 e. The van der Waals surface area contributed by atoms with Crippen LogP contribution in [0.3, 0.4) is 0 Å². The first-order valence-electron chi connectivity index (χ1n) is 6.88. The lowest BCUT2D eigenvalue weighted by molar-refractivity contribution is 0.0852. The van der Waals surface area contributed by atoms with Crippen molar-refractivity contribution in [2.75, 3.05) is 13.7 Å². The van der Waals surface area contributed by atoms with E-state index in [1.807, 2.05) is 0 Å². The average molecular weight is 329 g/mol. The first-order valence-corrected chi connectivity index (χ1v) is 7.67. The molecule has 1 heterocycles. The summed E-state index contributed by atoms with van der Waals surface area (Å²) in [7, 11) is 1.66. The van der Waals surface area contributed by atoms with E-state index < -0.39 is 0 Å². The molecule has 2 rings (SSSR count). The Morgan fingerprint density at radius 1 is 1.58 bits per heavy atom. The second kappa shape index (κ2) is 6.66. The van der Waals surface area contributed by atoms with Crippen LogP contribution in [0.2, 0.25) is 0 Å². The number of rotatable bonds is 5. The quantitative estimate of drug-likeness (QED) is 0.779.